The summed E-state index contributed by atoms with van der Waals surface area (Å²) in [5, 5.41) is 15.4. The molecule has 0 aliphatic carbocycles. The molecule has 0 spiro atoms. The van der Waals surface area contributed by atoms with Crippen LogP contribution in [0.25, 0.3) is 10.9 Å². The normalized spacial score (nSPS) is 13.8. The number of primary amides is 1. The van der Waals surface area contributed by atoms with Crippen molar-refractivity contribution in [1.29, 1.82) is 0 Å². The van der Waals surface area contributed by atoms with Crippen molar-refractivity contribution in [2.45, 2.75) is 69.6 Å². The number of aromatic nitrogens is 1. The van der Waals surface area contributed by atoms with E-state index in [0.29, 0.717) is 6.42 Å². The zero-order chi connectivity index (χ0) is 31.5. The summed E-state index contributed by atoms with van der Waals surface area (Å²) >= 11 is 0. The molecule has 0 saturated carbocycles. The Morgan fingerprint density at radius 3 is 2.23 bits per heavy atom. The molecule has 4 atom stereocenters. The number of aromatic amines is 1. The number of hydrogen-bond acceptors (Lipinski definition) is 6. The number of hydrogen-bond donors (Lipinski definition) is 6. The molecule has 0 unspecified atom stereocenters. The number of aliphatic carboxylic acids is 1. The molecular weight excluding hydrogens is 552 g/mol. The third-order valence-electron chi connectivity index (χ3n) is 7.34. The topological polar surface area (TPSA) is 201 Å². The summed E-state index contributed by atoms with van der Waals surface area (Å²) in [5.74, 6) is -4.21. The van der Waals surface area contributed by atoms with Crippen molar-refractivity contribution in [3.8, 4) is 0 Å². The van der Waals surface area contributed by atoms with E-state index in [1.54, 1.807) is 36.5 Å². The van der Waals surface area contributed by atoms with Gasteiger partial charge in [0.05, 0.1) is 12.5 Å². The summed E-state index contributed by atoms with van der Waals surface area (Å²) in [6.45, 7) is 1.93. The van der Waals surface area contributed by atoms with Crippen LogP contribution in [0.1, 0.15) is 43.7 Å². The lowest BCUT2D eigenvalue weighted by Crippen LogP contribution is -2.58. The molecule has 0 aliphatic heterocycles. The Morgan fingerprint density at radius 2 is 1.58 bits per heavy atom. The summed E-state index contributed by atoms with van der Waals surface area (Å²) < 4.78 is 0. The Labute approximate surface area is 250 Å². The van der Waals surface area contributed by atoms with Crippen molar-refractivity contribution in [3.05, 3.63) is 71.9 Å². The fourth-order valence-electron chi connectivity index (χ4n) is 4.93. The first-order chi connectivity index (χ1) is 20.5. The number of H-pyrrole nitrogens is 1. The molecule has 230 valence electrons. The smallest absolute Gasteiger partial charge is 0.305 e. The molecule has 3 rings (SSSR count). The van der Waals surface area contributed by atoms with Crippen molar-refractivity contribution in [2.24, 2.45) is 11.5 Å². The third-order valence-corrected chi connectivity index (χ3v) is 7.34. The van der Waals surface area contributed by atoms with Crippen molar-refractivity contribution < 1.29 is 29.1 Å². The molecule has 0 saturated heterocycles. The van der Waals surface area contributed by atoms with Crippen LogP contribution in [-0.4, -0.2) is 75.8 Å². The van der Waals surface area contributed by atoms with E-state index < -0.39 is 60.2 Å². The second kappa shape index (κ2) is 15.5. The summed E-state index contributed by atoms with van der Waals surface area (Å²) in [4.78, 5) is 68.2. The predicted molar refractivity (Wildman–Crippen MR) is 162 cm³/mol. The van der Waals surface area contributed by atoms with Gasteiger partial charge in [-0.1, -0.05) is 68.3 Å². The van der Waals surface area contributed by atoms with E-state index in [2.05, 4.69) is 15.6 Å². The van der Waals surface area contributed by atoms with Gasteiger partial charge in [0.2, 0.25) is 23.6 Å². The van der Waals surface area contributed by atoms with Crippen LogP contribution in [0.15, 0.2) is 60.8 Å². The molecule has 4 amide bonds. The molecule has 2 aromatic carbocycles. The highest BCUT2D eigenvalue weighted by Crippen LogP contribution is 2.20. The van der Waals surface area contributed by atoms with Crippen molar-refractivity contribution >= 4 is 40.5 Å². The molecule has 1 aromatic heterocycles. The number of nitrogens with zero attached hydrogens (tertiary/aromatic N) is 1. The Kier molecular flexibility index (Phi) is 11.8. The number of carbonyl (C=O) groups excluding carboxylic acids is 4. The standard InChI is InChI=1S/C31H40N6O6/c1-3-4-14-26(37(2)31(43)22(32)16-20-18-34-23-13-9-8-12-21(20)23)30(42)36-25(17-27(38)39)29(41)35-24(28(33)40)15-19-10-6-5-7-11-19/h5-13,18,22,24-26,34H,3-4,14-17,32H2,1-2H3,(H2,33,40)(H,35,41)(H,36,42)(H,38,39)/t22-,24-,25-,26-/m0/s1. The van der Waals surface area contributed by atoms with Gasteiger partial charge in [0.15, 0.2) is 0 Å². The Hall–Kier alpha value is -4.71. The molecule has 8 N–H and O–H groups in total. The number of nitrogens with two attached hydrogens (primary N) is 2. The third kappa shape index (κ3) is 9.14. The lowest BCUT2D eigenvalue weighted by molar-refractivity contribution is -0.143. The Bertz CT molecular complexity index is 1420. The van der Waals surface area contributed by atoms with E-state index in [1.165, 1.54) is 11.9 Å². The SMILES string of the molecule is CCCC[C@@H](C(=O)N[C@@H](CC(=O)O)C(=O)N[C@@H](Cc1ccccc1)C(N)=O)N(C)C(=O)[C@@H](N)Cc1c[nH]c2ccccc12. The first-order valence-corrected chi connectivity index (χ1v) is 14.2. The number of carboxylic acid groups (broad SMARTS) is 1. The number of carbonyl (C=O) groups is 5. The van der Waals surface area contributed by atoms with Crippen LogP contribution in [0.3, 0.4) is 0 Å². The van der Waals surface area contributed by atoms with Gasteiger partial charge in [-0.05, 0) is 30.0 Å². The van der Waals surface area contributed by atoms with Gasteiger partial charge in [-0.2, -0.15) is 0 Å². The van der Waals surface area contributed by atoms with Gasteiger partial charge in [-0.3, -0.25) is 24.0 Å². The zero-order valence-corrected chi connectivity index (χ0v) is 24.4. The van der Waals surface area contributed by atoms with E-state index in [-0.39, 0.29) is 19.3 Å². The van der Waals surface area contributed by atoms with Crippen molar-refractivity contribution in [1.82, 2.24) is 20.5 Å². The van der Waals surface area contributed by atoms with Crippen LogP contribution in [0, 0.1) is 0 Å². The summed E-state index contributed by atoms with van der Waals surface area (Å²) in [6.07, 6.45) is 2.95. The van der Waals surface area contributed by atoms with Crippen molar-refractivity contribution in [3.63, 3.8) is 0 Å². The second-order valence-electron chi connectivity index (χ2n) is 10.6. The zero-order valence-electron chi connectivity index (χ0n) is 24.4. The van der Waals surface area contributed by atoms with Gasteiger partial charge in [-0.25, -0.2) is 0 Å². The van der Waals surface area contributed by atoms with Crippen LogP contribution >= 0.6 is 0 Å². The van der Waals surface area contributed by atoms with Gasteiger partial charge < -0.3 is 37.1 Å². The molecule has 12 heteroatoms. The van der Waals surface area contributed by atoms with Gasteiger partial charge in [0, 0.05) is 30.6 Å². The van der Waals surface area contributed by atoms with E-state index in [9.17, 15) is 29.1 Å². The number of para-hydroxylation sites is 1. The number of benzene rings is 2. The largest absolute Gasteiger partial charge is 0.481 e. The summed E-state index contributed by atoms with van der Waals surface area (Å²) in [7, 11) is 1.46. The fraction of sp³-hybridized carbons (Fsp3) is 0.387. The molecular formula is C31H40N6O6. The molecule has 0 aliphatic rings. The minimum absolute atomic E-state index is 0.0837. The number of unbranched alkanes of at least 4 members (excludes halogenated alkanes) is 1. The lowest BCUT2D eigenvalue weighted by Gasteiger charge is -2.31. The van der Waals surface area contributed by atoms with Gasteiger partial charge in [0.1, 0.15) is 18.1 Å². The summed E-state index contributed by atoms with van der Waals surface area (Å²) in [5.41, 5.74) is 14.3. The van der Waals surface area contributed by atoms with Crippen LogP contribution in [0.4, 0.5) is 0 Å². The van der Waals surface area contributed by atoms with Crippen LogP contribution in [0.5, 0.6) is 0 Å². The number of likely N-dealkylation sites (N-methyl/N-ethyl adjacent to an activating group) is 1. The van der Waals surface area contributed by atoms with Crippen LogP contribution in [-0.2, 0) is 36.8 Å². The quantitative estimate of drug-likeness (QED) is 0.144. The molecule has 1 heterocycles. The summed E-state index contributed by atoms with van der Waals surface area (Å²) in [6, 6.07) is 11.9. The van der Waals surface area contributed by atoms with Gasteiger partial charge in [0.25, 0.3) is 0 Å². The monoisotopic (exact) mass is 592 g/mol. The molecule has 0 fully saturated rings. The van der Waals surface area contributed by atoms with Gasteiger partial charge >= 0.3 is 5.97 Å². The maximum absolute atomic E-state index is 13.5. The van der Waals surface area contributed by atoms with Gasteiger partial charge in [-0.15, -0.1) is 0 Å². The fourth-order valence-corrected chi connectivity index (χ4v) is 4.93. The minimum atomic E-state index is -1.52. The van der Waals surface area contributed by atoms with Crippen molar-refractivity contribution in [2.75, 3.05) is 7.05 Å². The molecule has 0 radical (unpaired) electrons. The molecule has 3 aromatic rings. The highest BCUT2D eigenvalue weighted by molar-refractivity contribution is 5.96. The van der Waals surface area contributed by atoms with Crippen LogP contribution < -0.4 is 22.1 Å². The van der Waals surface area contributed by atoms with E-state index in [0.717, 1.165) is 28.5 Å². The maximum atomic E-state index is 13.5. The van der Waals surface area contributed by atoms with E-state index in [1.807, 2.05) is 31.2 Å². The highest BCUT2D eigenvalue weighted by atomic mass is 16.4. The molecule has 0 bridgehead atoms. The number of amides is 4. The number of fused-ring (bicyclic) bond motifs is 1. The minimum Gasteiger partial charge on any atom is -0.481 e. The van der Waals surface area contributed by atoms with Crippen LogP contribution in [0.2, 0.25) is 0 Å². The lowest BCUT2D eigenvalue weighted by atomic mass is 10.0. The number of rotatable bonds is 16. The molecule has 43 heavy (non-hydrogen) atoms. The number of nitrogens with one attached hydrogen (secondary N) is 3. The Balaban J connectivity index is 1.74. The average Bonchev–Trinajstić information content (AvgIpc) is 3.38. The maximum Gasteiger partial charge on any atom is 0.305 e. The predicted octanol–water partition coefficient (Wildman–Crippen LogP) is 1.23. The number of carboxylic acids is 1. The van der Waals surface area contributed by atoms with E-state index in [4.69, 9.17) is 11.5 Å². The average molecular weight is 593 g/mol. The van der Waals surface area contributed by atoms with E-state index >= 15 is 0 Å². The molecule has 12 nitrogen and oxygen atoms in total. The Morgan fingerprint density at radius 1 is 0.930 bits per heavy atom. The second-order valence-corrected chi connectivity index (χ2v) is 10.6. The first-order valence-electron chi connectivity index (χ1n) is 14.2. The highest BCUT2D eigenvalue weighted by Gasteiger charge is 2.34. The first kappa shape index (κ1) is 32.8.